The van der Waals surface area contributed by atoms with E-state index in [2.05, 4.69) is 22.8 Å². The molecule has 2 aliphatic heterocycles. The number of halogens is 3. The van der Waals surface area contributed by atoms with Crippen molar-refractivity contribution in [3.05, 3.63) is 64.7 Å². The molecule has 7 heteroatoms. The molecule has 0 amide bonds. The first-order valence-electron chi connectivity index (χ1n) is 10.3. The van der Waals surface area contributed by atoms with Crippen LogP contribution in [-0.4, -0.2) is 32.5 Å². The zero-order chi connectivity index (χ0) is 21.4. The molecular formula is C23H27F3N2O2. The van der Waals surface area contributed by atoms with Gasteiger partial charge < -0.3 is 20.1 Å². The third-order valence-corrected chi connectivity index (χ3v) is 6.26. The molecule has 4 rings (SSSR count). The third-order valence-electron chi connectivity index (χ3n) is 6.26. The number of nitrogens with one attached hydrogen (secondary N) is 2. The lowest BCUT2D eigenvalue weighted by atomic mass is 9.85. The maximum atomic E-state index is 13.8. The zero-order valence-corrected chi connectivity index (χ0v) is 17.2. The highest BCUT2D eigenvalue weighted by atomic mass is 19.4. The molecule has 1 saturated heterocycles. The Labute approximate surface area is 174 Å². The Morgan fingerprint density at radius 3 is 2.70 bits per heavy atom. The molecular weight excluding hydrogens is 393 g/mol. The lowest BCUT2D eigenvalue weighted by molar-refractivity contribution is -0.281. The molecule has 2 heterocycles. The number of hydrogen-bond donors (Lipinski definition) is 2. The molecule has 3 atom stereocenters. The molecule has 0 aliphatic carbocycles. The second-order valence-corrected chi connectivity index (χ2v) is 8.07. The van der Waals surface area contributed by atoms with Crippen LogP contribution in [0.4, 0.5) is 13.2 Å². The van der Waals surface area contributed by atoms with Crippen molar-refractivity contribution in [1.82, 2.24) is 10.6 Å². The van der Waals surface area contributed by atoms with Gasteiger partial charge in [0.15, 0.2) is 5.60 Å². The highest BCUT2D eigenvalue weighted by Gasteiger charge is 2.55. The van der Waals surface area contributed by atoms with Crippen molar-refractivity contribution in [3.8, 4) is 5.75 Å². The van der Waals surface area contributed by atoms with Crippen molar-refractivity contribution in [3.63, 3.8) is 0 Å². The van der Waals surface area contributed by atoms with Crippen LogP contribution in [0.3, 0.4) is 0 Å². The molecule has 2 aliphatic rings. The van der Waals surface area contributed by atoms with Crippen molar-refractivity contribution in [1.29, 1.82) is 0 Å². The minimum atomic E-state index is -4.49. The summed E-state index contributed by atoms with van der Waals surface area (Å²) in [7, 11) is 1.55. The fraction of sp³-hybridized carbons (Fsp3) is 0.478. The predicted molar refractivity (Wildman–Crippen MR) is 108 cm³/mol. The van der Waals surface area contributed by atoms with Crippen molar-refractivity contribution >= 4 is 0 Å². The van der Waals surface area contributed by atoms with Crippen molar-refractivity contribution in [2.45, 2.75) is 50.2 Å². The van der Waals surface area contributed by atoms with E-state index in [1.54, 1.807) is 19.2 Å². The first kappa shape index (κ1) is 21.2. The zero-order valence-electron chi connectivity index (χ0n) is 17.2. The lowest BCUT2D eigenvalue weighted by Crippen LogP contribution is -2.45. The number of rotatable bonds is 5. The highest BCUT2D eigenvalue weighted by molar-refractivity contribution is 5.47. The van der Waals surface area contributed by atoms with Crippen LogP contribution >= 0.6 is 0 Å². The number of methoxy groups -OCH3 is 1. The van der Waals surface area contributed by atoms with Crippen molar-refractivity contribution < 1.29 is 22.6 Å². The topological polar surface area (TPSA) is 42.5 Å². The van der Waals surface area contributed by atoms with E-state index in [9.17, 15) is 13.2 Å². The average Bonchev–Trinajstić information content (AvgIpc) is 3.20. The predicted octanol–water partition coefficient (Wildman–Crippen LogP) is 4.24. The quantitative estimate of drug-likeness (QED) is 0.760. The Bertz CT molecular complexity index is 888. The number of alkyl halides is 3. The van der Waals surface area contributed by atoms with E-state index >= 15 is 0 Å². The summed E-state index contributed by atoms with van der Waals surface area (Å²) in [6, 6.07) is 13.9. The number of benzene rings is 2. The van der Waals surface area contributed by atoms with Crippen molar-refractivity contribution in [2.75, 3.05) is 20.3 Å². The summed E-state index contributed by atoms with van der Waals surface area (Å²) < 4.78 is 52.2. The van der Waals surface area contributed by atoms with Gasteiger partial charge in [0, 0.05) is 24.2 Å². The van der Waals surface area contributed by atoms with Crippen molar-refractivity contribution in [2.24, 2.45) is 0 Å². The van der Waals surface area contributed by atoms with Crippen LogP contribution in [0, 0.1) is 0 Å². The SMILES string of the molecule is COc1cc2c(cc1CNC1CCNC1c1ccccc1)C(C)(C(F)(F)F)OCC2. The molecule has 30 heavy (non-hydrogen) atoms. The van der Waals surface area contributed by atoms with E-state index in [0.29, 0.717) is 29.8 Å². The maximum absolute atomic E-state index is 13.8. The highest BCUT2D eigenvalue weighted by Crippen LogP contribution is 2.46. The van der Waals surface area contributed by atoms with Crippen LogP contribution in [0.5, 0.6) is 5.75 Å². The molecule has 2 aromatic rings. The molecule has 0 aromatic heterocycles. The average molecular weight is 420 g/mol. The van der Waals surface area contributed by atoms with Crippen LogP contribution in [-0.2, 0) is 23.3 Å². The van der Waals surface area contributed by atoms with E-state index < -0.39 is 11.8 Å². The number of fused-ring (bicyclic) bond motifs is 1. The van der Waals surface area contributed by atoms with Crippen LogP contribution in [0.15, 0.2) is 42.5 Å². The van der Waals surface area contributed by atoms with Gasteiger partial charge in [-0.1, -0.05) is 30.3 Å². The second kappa shape index (κ2) is 8.21. The lowest BCUT2D eigenvalue weighted by Gasteiger charge is -2.38. The second-order valence-electron chi connectivity index (χ2n) is 8.07. The van der Waals surface area contributed by atoms with E-state index in [-0.39, 0.29) is 24.3 Å². The van der Waals surface area contributed by atoms with Gasteiger partial charge >= 0.3 is 6.18 Å². The fourth-order valence-electron chi connectivity index (χ4n) is 4.50. The summed E-state index contributed by atoms with van der Waals surface area (Å²) in [5.74, 6) is 0.606. The van der Waals surface area contributed by atoms with Gasteiger partial charge in [-0.3, -0.25) is 0 Å². The molecule has 2 N–H and O–H groups in total. The Hall–Kier alpha value is -2.09. The van der Waals surface area contributed by atoms with Gasteiger partial charge in [-0.05, 0) is 55.1 Å². The van der Waals surface area contributed by atoms with Crippen LogP contribution in [0.1, 0.15) is 41.6 Å². The maximum Gasteiger partial charge on any atom is 0.421 e. The molecule has 0 radical (unpaired) electrons. The monoisotopic (exact) mass is 420 g/mol. The van der Waals surface area contributed by atoms with E-state index in [1.807, 2.05) is 18.2 Å². The van der Waals surface area contributed by atoms with Gasteiger partial charge in [0.1, 0.15) is 5.75 Å². The summed E-state index contributed by atoms with van der Waals surface area (Å²) in [5, 5.41) is 7.04. The van der Waals surface area contributed by atoms with E-state index in [1.165, 1.54) is 5.56 Å². The van der Waals surface area contributed by atoms with Gasteiger partial charge in [0.2, 0.25) is 0 Å². The van der Waals surface area contributed by atoms with Crippen LogP contribution in [0.25, 0.3) is 0 Å². The molecule has 2 aromatic carbocycles. The molecule has 1 fully saturated rings. The molecule has 0 saturated carbocycles. The van der Waals surface area contributed by atoms with Gasteiger partial charge in [-0.15, -0.1) is 0 Å². The smallest absolute Gasteiger partial charge is 0.421 e. The standard InChI is InChI=1S/C23H27F3N2O2/c1-22(23(24,25)26)18-12-17(20(29-2)13-16(18)9-11-30-22)14-28-19-8-10-27-21(19)15-6-4-3-5-7-15/h3-7,12-13,19,21,27-28H,8-11,14H2,1-2H3. The summed E-state index contributed by atoms with van der Waals surface area (Å²) >= 11 is 0. The van der Waals surface area contributed by atoms with Gasteiger partial charge in [0.05, 0.1) is 13.7 Å². The molecule has 0 bridgehead atoms. The first-order valence-corrected chi connectivity index (χ1v) is 10.3. The Morgan fingerprint density at radius 2 is 2.00 bits per heavy atom. The number of ether oxygens (including phenoxy) is 2. The molecule has 3 unspecified atom stereocenters. The van der Waals surface area contributed by atoms with E-state index in [0.717, 1.165) is 19.9 Å². The Balaban J connectivity index is 1.59. The van der Waals surface area contributed by atoms with Gasteiger partial charge in [-0.2, -0.15) is 13.2 Å². The summed E-state index contributed by atoms with van der Waals surface area (Å²) in [6.45, 7) is 2.45. The molecule has 0 spiro atoms. The molecule has 4 nitrogen and oxygen atoms in total. The summed E-state index contributed by atoms with van der Waals surface area (Å²) in [6.07, 6.45) is -3.11. The Morgan fingerprint density at radius 1 is 1.23 bits per heavy atom. The van der Waals surface area contributed by atoms with Gasteiger partial charge in [-0.25, -0.2) is 0 Å². The minimum absolute atomic E-state index is 0.0380. The molecule has 162 valence electrons. The van der Waals surface area contributed by atoms with Crippen LogP contribution in [0.2, 0.25) is 0 Å². The van der Waals surface area contributed by atoms with E-state index in [4.69, 9.17) is 9.47 Å². The normalized spacial score (nSPS) is 26.4. The minimum Gasteiger partial charge on any atom is -0.496 e. The fourth-order valence-corrected chi connectivity index (χ4v) is 4.50. The third kappa shape index (κ3) is 3.82. The first-order chi connectivity index (χ1) is 14.3. The van der Waals surface area contributed by atoms with Gasteiger partial charge in [0.25, 0.3) is 0 Å². The summed E-state index contributed by atoms with van der Waals surface area (Å²) in [4.78, 5) is 0. The summed E-state index contributed by atoms with van der Waals surface area (Å²) in [5.41, 5.74) is 0.413. The Kier molecular flexibility index (Phi) is 5.79. The largest absolute Gasteiger partial charge is 0.496 e. The number of hydrogen-bond acceptors (Lipinski definition) is 4. The van der Waals surface area contributed by atoms with Crippen LogP contribution < -0.4 is 15.4 Å².